The highest BCUT2D eigenvalue weighted by molar-refractivity contribution is 6.30. The van der Waals surface area contributed by atoms with Crippen molar-refractivity contribution in [3.8, 4) is 22.7 Å². The zero-order valence-corrected chi connectivity index (χ0v) is 51.0. The van der Waals surface area contributed by atoms with E-state index in [-0.39, 0.29) is 0 Å². The second-order valence-corrected chi connectivity index (χ2v) is 24.7. The molecule has 0 N–H and O–H groups in total. The lowest BCUT2D eigenvalue weighted by atomic mass is 9.91. The van der Waals surface area contributed by atoms with Gasteiger partial charge < -0.3 is 28.1 Å². The SMILES string of the molecule is c1ccc(-n2c3ccccc3c3cccc(N(c4ccc5ccc6c(N(c7cccc8c9ccccc9n(-c9ccccc9)c78)c7cccc8c9ccccc9n(-c9ccccc9)c78)ccc7ccc4c5c76)c4cccc5c6ccccc6n(-c6ccccc6)c45)c32)cc1. The number of rotatable bonds is 10. The van der Waals surface area contributed by atoms with E-state index >= 15 is 0 Å². The minimum atomic E-state index is 1.07. The van der Waals surface area contributed by atoms with E-state index < -0.39 is 0 Å². The molecule has 0 fully saturated rings. The summed E-state index contributed by atoms with van der Waals surface area (Å²) in [6.45, 7) is 0. The minimum absolute atomic E-state index is 1.07. The largest absolute Gasteiger partial charge is 0.307 e. The van der Waals surface area contributed by atoms with Gasteiger partial charge >= 0.3 is 0 Å². The van der Waals surface area contributed by atoms with Crippen LogP contribution in [0, 0.1) is 0 Å². The van der Waals surface area contributed by atoms with Gasteiger partial charge in [-0.05, 0) is 131 Å². The van der Waals surface area contributed by atoms with E-state index in [1.165, 1.54) is 64.6 Å². The maximum Gasteiger partial charge on any atom is 0.0782 e. The molecule has 0 aliphatic heterocycles. The van der Waals surface area contributed by atoms with Crippen molar-refractivity contribution < 1.29 is 0 Å². The van der Waals surface area contributed by atoms with Gasteiger partial charge in [-0.25, -0.2) is 0 Å². The van der Waals surface area contributed by atoms with Crippen LogP contribution in [0.1, 0.15) is 0 Å². The molecule has 6 nitrogen and oxygen atoms in total. The highest BCUT2D eigenvalue weighted by atomic mass is 15.2. The molecule has 438 valence electrons. The van der Waals surface area contributed by atoms with E-state index in [9.17, 15) is 0 Å². The standard InChI is InChI=1S/C88H56N6/c1-5-25-59(26-6-1)89-73-41-17-13-33-63(73)67-37-21-45-79(85(67)89)93(80-46-22-38-68-64-34-14-18-42-74(64)90(86(68)80)60-27-7-2-8-28-60)77-55-51-57-50-54-72-78(56-52-58-49-53-71(77)83(57)84(58)72)94(81-47-23-39-69-65-35-15-19-43-75(65)91(87(69)81)61-29-9-3-10-30-61)82-48-24-40-70-66-36-16-20-44-76(66)92(88(70)82)62-31-11-4-12-32-62/h1-56H. The molecule has 6 heteroatoms. The second-order valence-electron chi connectivity index (χ2n) is 24.7. The molecule has 0 spiro atoms. The van der Waals surface area contributed by atoms with Gasteiger partial charge in [0.15, 0.2) is 0 Å². The molecular formula is C88H56N6. The van der Waals surface area contributed by atoms with Gasteiger partial charge in [-0.2, -0.15) is 0 Å². The summed E-state index contributed by atoms with van der Waals surface area (Å²) in [5.74, 6) is 0. The van der Waals surface area contributed by atoms with Crippen LogP contribution in [-0.4, -0.2) is 18.3 Å². The zero-order valence-electron chi connectivity index (χ0n) is 51.0. The topological polar surface area (TPSA) is 26.2 Å². The van der Waals surface area contributed by atoms with Crippen LogP contribution >= 0.6 is 0 Å². The lowest BCUT2D eigenvalue weighted by Gasteiger charge is -2.31. The van der Waals surface area contributed by atoms with Crippen LogP contribution in [0.2, 0.25) is 0 Å². The average molecular weight is 1200 g/mol. The van der Waals surface area contributed by atoms with Gasteiger partial charge in [-0.3, -0.25) is 0 Å². The highest BCUT2D eigenvalue weighted by Crippen LogP contribution is 2.54. The van der Waals surface area contributed by atoms with Crippen LogP contribution < -0.4 is 9.80 Å². The lowest BCUT2D eigenvalue weighted by molar-refractivity contribution is 1.15. The van der Waals surface area contributed by atoms with E-state index in [2.05, 4.69) is 368 Å². The quantitative estimate of drug-likeness (QED) is 0.128. The number of nitrogens with zero attached hydrogens (tertiary/aromatic N) is 6. The monoisotopic (exact) mass is 1200 g/mol. The van der Waals surface area contributed by atoms with Crippen molar-refractivity contribution in [1.82, 2.24) is 18.3 Å². The molecule has 4 heterocycles. The van der Waals surface area contributed by atoms with Gasteiger partial charge in [0.05, 0.1) is 78.3 Å². The Morgan fingerprint density at radius 1 is 0.160 bits per heavy atom. The third-order valence-electron chi connectivity index (χ3n) is 19.8. The van der Waals surface area contributed by atoms with Gasteiger partial charge in [0, 0.05) is 76.6 Å². The van der Waals surface area contributed by atoms with Crippen LogP contribution in [0.3, 0.4) is 0 Å². The second kappa shape index (κ2) is 20.4. The number of para-hydroxylation sites is 12. The Bertz CT molecular complexity index is 5710. The predicted octanol–water partition coefficient (Wildman–Crippen LogP) is 23.9. The van der Waals surface area contributed by atoms with E-state index in [1.807, 2.05) is 0 Å². The van der Waals surface area contributed by atoms with Gasteiger partial charge in [0.25, 0.3) is 0 Å². The summed E-state index contributed by atoms with van der Waals surface area (Å²) in [5, 5.41) is 16.6. The van der Waals surface area contributed by atoms with Gasteiger partial charge in [0.2, 0.25) is 0 Å². The molecule has 0 atom stereocenters. The van der Waals surface area contributed by atoms with E-state index in [1.54, 1.807) is 0 Å². The Balaban J connectivity index is 0.920. The number of hydrogen-bond acceptors (Lipinski definition) is 2. The van der Waals surface area contributed by atoms with Crippen molar-refractivity contribution in [2.24, 2.45) is 0 Å². The Morgan fingerprint density at radius 3 is 0.670 bits per heavy atom. The van der Waals surface area contributed by atoms with E-state index in [0.717, 1.165) is 112 Å². The van der Waals surface area contributed by atoms with Crippen LogP contribution in [0.25, 0.3) is 142 Å². The first-order valence-electron chi connectivity index (χ1n) is 32.3. The Kier molecular flexibility index (Phi) is 11.3. The smallest absolute Gasteiger partial charge is 0.0782 e. The molecule has 16 aromatic carbocycles. The summed E-state index contributed by atoms with van der Waals surface area (Å²) < 4.78 is 9.91. The van der Waals surface area contributed by atoms with Gasteiger partial charge in [0.1, 0.15) is 0 Å². The van der Waals surface area contributed by atoms with Gasteiger partial charge in [-0.1, -0.05) is 231 Å². The Morgan fingerprint density at radius 2 is 0.394 bits per heavy atom. The van der Waals surface area contributed by atoms with Crippen molar-refractivity contribution >= 4 is 154 Å². The molecule has 20 aromatic rings. The third kappa shape index (κ3) is 7.47. The third-order valence-corrected chi connectivity index (χ3v) is 19.8. The summed E-state index contributed by atoms with van der Waals surface area (Å²) in [7, 11) is 0. The maximum atomic E-state index is 2.59. The first-order chi connectivity index (χ1) is 46.7. The molecule has 0 saturated carbocycles. The highest BCUT2D eigenvalue weighted by Gasteiger charge is 2.31. The summed E-state index contributed by atoms with van der Waals surface area (Å²) in [6, 6.07) is 126. The molecule has 94 heavy (non-hydrogen) atoms. The predicted molar refractivity (Wildman–Crippen MR) is 397 cm³/mol. The first kappa shape index (κ1) is 52.2. The van der Waals surface area contributed by atoms with E-state index in [4.69, 9.17) is 0 Å². The van der Waals surface area contributed by atoms with Crippen LogP contribution in [0.15, 0.2) is 340 Å². The first-order valence-corrected chi connectivity index (χ1v) is 32.3. The summed E-state index contributed by atoms with van der Waals surface area (Å²) in [6.07, 6.45) is 0. The molecule has 4 aromatic heterocycles. The fourth-order valence-electron chi connectivity index (χ4n) is 16.0. The van der Waals surface area contributed by atoms with Crippen LogP contribution in [0.5, 0.6) is 0 Å². The number of aromatic nitrogens is 4. The molecule has 0 aliphatic carbocycles. The normalized spacial score (nSPS) is 12.0. The summed E-state index contributed by atoms with van der Waals surface area (Å²) >= 11 is 0. The Hall–Kier alpha value is -12.6. The molecule has 0 unspecified atom stereocenters. The van der Waals surface area contributed by atoms with Crippen LogP contribution in [0.4, 0.5) is 34.1 Å². The average Bonchev–Trinajstić information content (AvgIpc) is 1.16. The van der Waals surface area contributed by atoms with Gasteiger partial charge in [-0.15, -0.1) is 0 Å². The summed E-state index contributed by atoms with van der Waals surface area (Å²) in [4.78, 5) is 5.18. The number of benzene rings is 16. The Labute approximate surface area is 541 Å². The van der Waals surface area contributed by atoms with Crippen molar-refractivity contribution in [3.05, 3.63) is 340 Å². The molecule has 20 rings (SSSR count). The number of anilines is 6. The number of fused-ring (bicyclic) bond motifs is 12. The zero-order chi connectivity index (χ0) is 61.5. The minimum Gasteiger partial charge on any atom is -0.307 e. The molecule has 0 radical (unpaired) electrons. The summed E-state index contributed by atoms with van der Waals surface area (Å²) in [5.41, 5.74) is 20.0. The maximum absolute atomic E-state index is 2.59. The fraction of sp³-hybridized carbons (Fsp3) is 0. The molecule has 0 amide bonds. The van der Waals surface area contributed by atoms with Crippen molar-refractivity contribution in [1.29, 1.82) is 0 Å². The van der Waals surface area contributed by atoms with E-state index in [0.29, 0.717) is 0 Å². The lowest BCUT2D eigenvalue weighted by Crippen LogP contribution is -2.14. The van der Waals surface area contributed by atoms with Crippen molar-refractivity contribution in [2.75, 3.05) is 9.80 Å². The molecular weight excluding hydrogens is 1140 g/mol. The molecule has 0 aliphatic rings. The van der Waals surface area contributed by atoms with Crippen LogP contribution in [-0.2, 0) is 0 Å². The van der Waals surface area contributed by atoms with Crippen molar-refractivity contribution in [3.63, 3.8) is 0 Å². The molecule has 0 bridgehead atoms. The molecule has 0 saturated heterocycles. The fourth-order valence-corrected chi connectivity index (χ4v) is 16.0. The van der Waals surface area contributed by atoms with Crippen molar-refractivity contribution in [2.45, 2.75) is 0 Å². The number of hydrogen-bond donors (Lipinski definition) is 0.